The first-order valence-electron chi connectivity index (χ1n) is 4.83. The van der Waals surface area contributed by atoms with Crippen LogP contribution in [0.25, 0.3) is 0 Å². The van der Waals surface area contributed by atoms with Crippen LogP contribution in [0.4, 0.5) is 0 Å². The summed E-state index contributed by atoms with van der Waals surface area (Å²) in [5, 5.41) is 17.7. The van der Waals surface area contributed by atoms with E-state index in [-0.39, 0.29) is 12.6 Å². The molecule has 0 radical (unpaired) electrons. The molecule has 13 heavy (non-hydrogen) atoms. The highest BCUT2D eigenvalue weighted by molar-refractivity contribution is 5.73. The third-order valence-electron chi connectivity index (χ3n) is 2.54. The number of carboxylic acids is 1. The molecule has 1 unspecified atom stereocenters. The monoisotopic (exact) mass is 187 g/mol. The topological polar surface area (TPSA) is 60.8 Å². The first-order valence-corrected chi connectivity index (χ1v) is 4.83. The van der Waals surface area contributed by atoms with Gasteiger partial charge in [-0.1, -0.05) is 12.8 Å². The molecule has 4 nitrogen and oxygen atoms in total. The fourth-order valence-corrected chi connectivity index (χ4v) is 1.84. The van der Waals surface area contributed by atoms with E-state index < -0.39 is 5.97 Å². The van der Waals surface area contributed by atoms with Crippen molar-refractivity contribution in [1.29, 1.82) is 0 Å². The zero-order chi connectivity index (χ0) is 9.68. The van der Waals surface area contributed by atoms with Gasteiger partial charge in [-0.05, 0) is 19.4 Å². The van der Waals surface area contributed by atoms with Crippen molar-refractivity contribution in [3.8, 4) is 0 Å². The van der Waals surface area contributed by atoms with Gasteiger partial charge in [0.25, 0.3) is 0 Å². The minimum absolute atomic E-state index is 0.0454. The highest BCUT2D eigenvalue weighted by atomic mass is 16.4. The molecule has 0 aromatic rings. The standard InChI is InChI=1S/C9H17NO3/c11-7-6-10-5-3-1-2-4-8(10)9(12)13/h8,11H,1-7H2,(H,12,13). The molecule has 1 atom stereocenters. The van der Waals surface area contributed by atoms with Gasteiger partial charge in [-0.3, -0.25) is 9.69 Å². The number of rotatable bonds is 3. The van der Waals surface area contributed by atoms with Gasteiger partial charge in [0.15, 0.2) is 0 Å². The van der Waals surface area contributed by atoms with E-state index in [0.717, 1.165) is 32.2 Å². The summed E-state index contributed by atoms with van der Waals surface area (Å²) in [6, 6.07) is -0.380. The number of hydrogen-bond acceptors (Lipinski definition) is 3. The Bertz CT molecular complexity index is 172. The minimum Gasteiger partial charge on any atom is -0.480 e. The molecule has 0 aliphatic carbocycles. The molecular formula is C9H17NO3. The molecule has 1 aliphatic rings. The van der Waals surface area contributed by atoms with Gasteiger partial charge in [0.05, 0.1) is 6.61 Å². The molecule has 0 spiro atoms. The molecule has 0 bridgehead atoms. The molecule has 1 saturated heterocycles. The average Bonchev–Trinajstić information content (AvgIpc) is 2.30. The SMILES string of the molecule is O=C(O)C1CCCCCN1CCO. The number of hydrogen-bond donors (Lipinski definition) is 2. The minimum atomic E-state index is -0.754. The van der Waals surface area contributed by atoms with Gasteiger partial charge in [-0.2, -0.15) is 0 Å². The maximum absolute atomic E-state index is 10.9. The lowest BCUT2D eigenvalue weighted by atomic mass is 10.1. The van der Waals surface area contributed by atoms with Crippen molar-refractivity contribution in [2.24, 2.45) is 0 Å². The lowest BCUT2D eigenvalue weighted by molar-refractivity contribution is -0.143. The van der Waals surface area contributed by atoms with Crippen molar-refractivity contribution in [3.05, 3.63) is 0 Å². The molecule has 0 aromatic heterocycles. The summed E-state index contributed by atoms with van der Waals surface area (Å²) in [6.07, 6.45) is 3.85. The number of aliphatic carboxylic acids is 1. The average molecular weight is 187 g/mol. The molecular weight excluding hydrogens is 170 g/mol. The molecule has 0 aromatic carbocycles. The van der Waals surface area contributed by atoms with E-state index in [2.05, 4.69) is 0 Å². The molecule has 1 rings (SSSR count). The van der Waals surface area contributed by atoms with Gasteiger partial charge in [-0.25, -0.2) is 0 Å². The second kappa shape index (κ2) is 5.19. The summed E-state index contributed by atoms with van der Waals surface area (Å²) in [7, 11) is 0. The summed E-state index contributed by atoms with van der Waals surface area (Å²) < 4.78 is 0. The van der Waals surface area contributed by atoms with Crippen LogP contribution in [-0.4, -0.2) is 46.8 Å². The van der Waals surface area contributed by atoms with Crippen molar-refractivity contribution in [2.75, 3.05) is 19.7 Å². The van der Waals surface area contributed by atoms with Gasteiger partial charge in [-0.15, -0.1) is 0 Å². The predicted molar refractivity (Wildman–Crippen MR) is 48.6 cm³/mol. The highest BCUT2D eigenvalue weighted by Gasteiger charge is 2.26. The molecule has 0 saturated carbocycles. The van der Waals surface area contributed by atoms with E-state index in [0.29, 0.717) is 6.54 Å². The summed E-state index contributed by atoms with van der Waals surface area (Å²) in [6.45, 7) is 1.33. The van der Waals surface area contributed by atoms with Crippen molar-refractivity contribution in [1.82, 2.24) is 4.90 Å². The van der Waals surface area contributed by atoms with Crippen LogP contribution >= 0.6 is 0 Å². The molecule has 4 heteroatoms. The summed E-state index contributed by atoms with van der Waals surface area (Å²) in [4.78, 5) is 12.7. The smallest absolute Gasteiger partial charge is 0.320 e. The van der Waals surface area contributed by atoms with E-state index >= 15 is 0 Å². The van der Waals surface area contributed by atoms with E-state index in [1.807, 2.05) is 4.90 Å². The maximum Gasteiger partial charge on any atom is 0.320 e. The lowest BCUT2D eigenvalue weighted by Crippen LogP contribution is -2.42. The third kappa shape index (κ3) is 2.97. The Labute approximate surface area is 78.2 Å². The van der Waals surface area contributed by atoms with Gasteiger partial charge < -0.3 is 10.2 Å². The normalized spacial score (nSPS) is 25.5. The number of aliphatic hydroxyl groups excluding tert-OH is 1. The van der Waals surface area contributed by atoms with Gasteiger partial charge in [0.1, 0.15) is 6.04 Å². The van der Waals surface area contributed by atoms with Gasteiger partial charge in [0, 0.05) is 6.54 Å². The van der Waals surface area contributed by atoms with E-state index in [1.54, 1.807) is 0 Å². The zero-order valence-corrected chi connectivity index (χ0v) is 7.78. The predicted octanol–water partition coefficient (Wildman–Crippen LogP) is 0.308. The van der Waals surface area contributed by atoms with Crippen molar-refractivity contribution in [3.63, 3.8) is 0 Å². The van der Waals surface area contributed by atoms with Crippen molar-refractivity contribution in [2.45, 2.75) is 31.7 Å². The Balaban J connectivity index is 2.55. The number of β-amino-alcohol motifs (C(OH)–C–C–N with tert-alkyl or cyclic N) is 1. The number of carbonyl (C=O) groups is 1. The molecule has 0 amide bonds. The summed E-state index contributed by atoms with van der Waals surface area (Å²) >= 11 is 0. The first kappa shape index (κ1) is 10.5. The lowest BCUT2D eigenvalue weighted by Gasteiger charge is -2.25. The molecule has 1 fully saturated rings. The number of nitrogens with zero attached hydrogens (tertiary/aromatic N) is 1. The highest BCUT2D eigenvalue weighted by Crippen LogP contribution is 2.16. The molecule has 2 N–H and O–H groups in total. The van der Waals surface area contributed by atoms with Crippen molar-refractivity contribution < 1.29 is 15.0 Å². The largest absolute Gasteiger partial charge is 0.480 e. The first-order chi connectivity index (χ1) is 6.25. The maximum atomic E-state index is 10.9. The van der Waals surface area contributed by atoms with Gasteiger partial charge >= 0.3 is 5.97 Å². The summed E-state index contributed by atoms with van der Waals surface area (Å²) in [5.41, 5.74) is 0. The third-order valence-corrected chi connectivity index (χ3v) is 2.54. The van der Waals surface area contributed by atoms with Crippen LogP contribution in [0.1, 0.15) is 25.7 Å². The Kier molecular flexibility index (Phi) is 4.18. The van der Waals surface area contributed by atoms with E-state index in [9.17, 15) is 4.79 Å². The van der Waals surface area contributed by atoms with Crippen molar-refractivity contribution >= 4 is 5.97 Å². The Morgan fingerprint density at radius 3 is 2.77 bits per heavy atom. The Morgan fingerprint density at radius 1 is 1.38 bits per heavy atom. The van der Waals surface area contributed by atoms with Crippen LogP contribution in [0.2, 0.25) is 0 Å². The van der Waals surface area contributed by atoms with Crippen LogP contribution in [0.3, 0.4) is 0 Å². The zero-order valence-electron chi connectivity index (χ0n) is 7.78. The quantitative estimate of drug-likeness (QED) is 0.667. The van der Waals surface area contributed by atoms with Gasteiger partial charge in [0.2, 0.25) is 0 Å². The molecule has 76 valence electrons. The second-order valence-corrected chi connectivity index (χ2v) is 3.46. The Morgan fingerprint density at radius 2 is 2.15 bits per heavy atom. The Hall–Kier alpha value is -0.610. The summed E-state index contributed by atoms with van der Waals surface area (Å²) in [5.74, 6) is -0.754. The fraction of sp³-hybridized carbons (Fsp3) is 0.889. The number of likely N-dealkylation sites (tertiary alicyclic amines) is 1. The second-order valence-electron chi connectivity index (χ2n) is 3.46. The number of carboxylic acid groups (broad SMARTS) is 1. The van der Waals surface area contributed by atoms with Crippen LogP contribution < -0.4 is 0 Å². The van der Waals surface area contributed by atoms with Crippen LogP contribution in [0.15, 0.2) is 0 Å². The molecule has 1 aliphatic heterocycles. The fourth-order valence-electron chi connectivity index (χ4n) is 1.84. The van der Waals surface area contributed by atoms with Crippen LogP contribution in [0.5, 0.6) is 0 Å². The van der Waals surface area contributed by atoms with Crippen LogP contribution in [0, 0.1) is 0 Å². The van der Waals surface area contributed by atoms with E-state index in [4.69, 9.17) is 10.2 Å². The molecule has 1 heterocycles. The number of aliphatic hydroxyl groups is 1. The van der Waals surface area contributed by atoms with E-state index in [1.165, 1.54) is 0 Å². The van der Waals surface area contributed by atoms with Crippen LogP contribution in [-0.2, 0) is 4.79 Å².